The van der Waals surface area contributed by atoms with Crippen LogP contribution < -0.4 is 5.73 Å². The first kappa shape index (κ1) is 12.8. The highest BCUT2D eigenvalue weighted by atomic mass is 32.2. The molecule has 0 aromatic rings. The zero-order chi connectivity index (χ0) is 12.7. The Morgan fingerprint density at radius 2 is 2.12 bits per heavy atom. The lowest BCUT2D eigenvalue weighted by Crippen LogP contribution is -2.58. The van der Waals surface area contributed by atoms with Gasteiger partial charge in [-0.1, -0.05) is 6.42 Å². The summed E-state index contributed by atoms with van der Waals surface area (Å²) >= 11 is 0. The van der Waals surface area contributed by atoms with Crippen molar-refractivity contribution in [3.63, 3.8) is 0 Å². The minimum absolute atomic E-state index is 0.0636. The molecule has 1 aliphatic heterocycles. The van der Waals surface area contributed by atoms with E-state index in [0.29, 0.717) is 13.1 Å². The highest BCUT2D eigenvalue weighted by Gasteiger charge is 2.47. The maximum absolute atomic E-state index is 12.4. The molecular weight excluding hydrogens is 240 g/mol. The Bertz CT molecular complexity index is 409. The lowest BCUT2D eigenvalue weighted by Gasteiger charge is -2.45. The third-order valence-electron chi connectivity index (χ3n) is 4.09. The smallest absolute Gasteiger partial charge is 0.230 e. The van der Waals surface area contributed by atoms with Crippen LogP contribution in [0.2, 0.25) is 0 Å². The Balaban J connectivity index is 2.11. The molecule has 1 saturated carbocycles. The number of amides is 1. The van der Waals surface area contributed by atoms with Gasteiger partial charge in [-0.05, 0) is 19.8 Å². The molecule has 2 rings (SSSR count). The first-order valence-electron chi connectivity index (χ1n) is 6.12. The van der Waals surface area contributed by atoms with Crippen LogP contribution in [0.25, 0.3) is 0 Å². The van der Waals surface area contributed by atoms with Gasteiger partial charge >= 0.3 is 0 Å². The van der Waals surface area contributed by atoms with Crippen LogP contribution in [0.4, 0.5) is 0 Å². The predicted octanol–water partition coefficient (Wildman–Crippen LogP) is -0.239. The largest absolute Gasteiger partial charge is 0.337 e. The highest BCUT2D eigenvalue weighted by Crippen LogP contribution is 2.42. The minimum atomic E-state index is -2.96. The zero-order valence-corrected chi connectivity index (χ0v) is 11.0. The van der Waals surface area contributed by atoms with Gasteiger partial charge in [-0.25, -0.2) is 8.42 Å². The standard InChI is InChI=1S/C11H20N2O3S/c1-9-7-17(15,16)6-5-13(9)10(14)11(8-12)3-2-4-11/h9H,2-8,12H2,1H3. The molecule has 17 heavy (non-hydrogen) atoms. The summed E-state index contributed by atoms with van der Waals surface area (Å²) in [5, 5.41) is 0. The summed E-state index contributed by atoms with van der Waals surface area (Å²) in [7, 11) is -2.96. The van der Waals surface area contributed by atoms with E-state index >= 15 is 0 Å². The van der Waals surface area contributed by atoms with Crippen molar-refractivity contribution >= 4 is 15.7 Å². The number of carbonyl (C=O) groups is 1. The molecule has 1 unspecified atom stereocenters. The van der Waals surface area contributed by atoms with Crippen molar-refractivity contribution in [2.45, 2.75) is 32.2 Å². The molecule has 1 atom stereocenters. The Hall–Kier alpha value is -0.620. The van der Waals surface area contributed by atoms with Gasteiger partial charge in [0.2, 0.25) is 5.91 Å². The summed E-state index contributed by atoms with van der Waals surface area (Å²) in [6.45, 7) is 2.50. The van der Waals surface area contributed by atoms with E-state index in [1.54, 1.807) is 11.8 Å². The van der Waals surface area contributed by atoms with E-state index in [1.807, 2.05) is 0 Å². The Kier molecular flexibility index (Phi) is 3.20. The fourth-order valence-corrected chi connectivity index (χ4v) is 4.27. The first-order valence-corrected chi connectivity index (χ1v) is 7.94. The second-order valence-electron chi connectivity index (χ2n) is 5.30. The number of carbonyl (C=O) groups excluding carboxylic acids is 1. The van der Waals surface area contributed by atoms with Gasteiger partial charge in [-0.15, -0.1) is 0 Å². The molecule has 0 bridgehead atoms. The summed E-state index contributed by atoms with van der Waals surface area (Å²) in [5.41, 5.74) is 5.32. The fraction of sp³-hybridized carbons (Fsp3) is 0.909. The summed E-state index contributed by atoms with van der Waals surface area (Å²) in [6, 6.07) is -0.217. The summed E-state index contributed by atoms with van der Waals surface area (Å²) in [4.78, 5) is 14.1. The third-order valence-corrected chi connectivity index (χ3v) is 5.88. The van der Waals surface area contributed by atoms with E-state index in [9.17, 15) is 13.2 Å². The van der Waals surface area contributed by atoms with Gasteiger partial charge in [-0.3, -0.25) is 4.79 Å². The Morgan fingerprint density at radius 3 is 2.53 bits per heavy atom. The van der Waals surface area contributed by atoms with E-state index in [1.165, 1.54) is 0 Å². The van der Waals surface area contributed by atoms with Gasteiger partial charge < -0.3 is 10.6 Å². The van der Waals surface area contributed by atoms with Crippen LogP contribution in [0, 0.1) is 5.41 Å². The molecule has 1 heterocycles. The van der Waals surface area contributed by atoms with E-state index < -0.39 is 15.3 Å². The van der Waals surface area contributed by atoms with Gasteiger partial charge in [-0.2, -0.15) is 0 Å². The average Bonchev–Trinajstić information content (AvgIpc) is 2.14. The maximum atomic E-state index is 12.4. The quantitative estimate of drug-likeness (QED) is 0.743. The minimum Gasteiger partial charge on any atom is -0.337 e. The van der Waals surface area contributed by atoms with Crippen LogP contribution in [0.3, 0.4) is 0 Å². The van der Waals surface area contributed by atoms with Gasteiger partial charge in [0.05, 0.1) is 16.9 Å². The second kappa shape index (κ2) is 4.24. The average molecular weight is 260 g/mol. The molecule has 1 saturated heterocycles. The van der Waals surface area contributed by atoms with E-state index in [-0.39, 0.29) is 23.5 Å². The number of rotatable bonds is 2. The molecule has 98 valence electrons. The molecule has 6 heteroatoms. The molecule has 1 amide bonds. The maximum Gasteiger partial charge on any atom is 0.230 e. The molecule has 5 nitrogen and oxygen atoms in total. The molecule has 0 aromatic heterocycles. The summed E-state index contributed by atoms with van der Waals surface area (Å²) in [5.74, 6) is 0.233. The normalized spacial score (nSPS) is 30.7. The second-order valence-corrected chi connectivity index (χ2v) is 7.53. The third kappa shape index (κ3) is 2.20. The molecule has 0 aromatic carbocycles. The lowest BCUT2D eigenvalue weighted by atomic mass is 9.67. The number of nitrogens with zero attached hydrogens (tertiary/aromatic N) is 1. The van der Waals surface area contributed by atoms with Crippen LogP contribution in [-0.4, -0.2) is 49.9 Å². The van der Waals surface area contributed by atoms with Gasteiger partial charge in [0.15, 0.2) is 9.84 Å². The molecule has 0 radical (unpaired) electrons. The van der Waals surface area contributed by atoms with Crippen LogP contribution in [0.1, 0.15) is 26.2 Å². The molecule has 0 spiro atoms. The van der Waals surface area contributed by atoms with Crippen molar-refractivity contribution in [1.29, 1.82) is 0 Å². The number of sulfone groups is 1. The zero-order valence-electron chi connectivity index (χ0n) is 10.2. The van der Waals surface area contributed by atoms with E-state index in [2.05, 4.69) is 0 Å². The van der Waals surface area contributed by atoms with Gasteiger partial charge in [0.25, 0.3) is 0 Å². The topological polar surface area (TPSA) is 80.5 Å². The molecule has 2 N–H and O–H groups in total. The van der Waals surface area contributed by atoms with Crippen molar-refractivity contribution < 1.29 is 13.2 Å². The van der Waals surface area contributed by atoms with Gasteiger partial charge in [0.1, 0.15) is 0 Å². The fourth-order valence-electron chi connectivity index (χ4n) is 2.71. The van der Waals surface area contributed by atoms with Crippen molar-refractivity contribution in [2.75, 3.05) is 24.6 Å². The number of hydrogen-bond acceptors (Lipinski definition) is 4. The Morgan fingerprint density at radius 1 is 1.47 bits per heavy atom. The van der Waals surface area contributed by atoms with Crippen LogP contribution in [-0.2, 0) is 14.6 Å². The molecule has 2 fully saturated rings. The summed E-state index contributed by atoms with van der Waals surface area (Å²) < 4.78 is 22.9. The molecule has 2 aliphatic rings. The van der Waals surface area contributed by atoms with Crippen molar-refractivity contribution in [3.05, 3.63) is 0 Å². The lowest BCUT2D eigenvalue weighted by molar-refractivity contribution is -0.148. The Labute approximate surface area is 102 Å². The van der Waals surface area contributed by atoms with Crippen LogP contribution >= 0.6 is 0 Å². The van der Waals surface area contributed by atoms with Crippen molar-refractivity contribution in [1.82, 2.24) is 4.90 Å². The monoisotopic (exact) mass is 260 g/mol. The molecular formula is C11H20N2O3S. The van der Waals surface area contributed by atoms with Gasteiger partial charge in [0, 0.05) is 19.1 Å². The number of hydrogen-bond donors (Lipinski definition) is 1. The summed E-state index contributed by atoms with van der Waals surface area (Å²) in [6.07, 6.45) is 2.74. The van der Waals surface area contributed by atoms with E-state index in [0.717, 1.165) is 19.3 Å². The van der Waals surface area contributed by atoms with Crippen molar-refractivity contribution in [2.24, 2.45) is 11.1 Å². The number of nitrogens with two attached hydrogens (primary N) is 1. The predicted molar refractivity (Wildman–Crippen MR) is 65.2 cm³/mol. The van der Waals surface area contributed by atoms with E-state index in [4.69, 9.17) is 5.73 Å². The first-order chi connectivity index (χ1) is 7.90. The molecule has 1 aliphatic carbocycles. The van der Waals surface area contributed by atoms with Crippen LogP contribution in [0.5, 0.6) is 0 Å². The van der Waals surface area contributed by atoms with Crippen molar-refractivity contribution in [3.8, 4) is 0 Å². The highest BCUT2D eigenvalue weighted by molar-refractivity contribution is 7.91. The van der Waals surface area contributed by atoms with Crippen LogP contribution in [0.15, 0.2) is 0 Å². The SMILES string of the molecule is CC1CS(=O)(=O)CCN1C(=O)C1(CN)CCC1.